The quantitative estimate of drug-likeness (QED) is 0.916. The Bertz CT molecular complexity index is 573. The van der Waals surface area contributed by atoms with Crippen LogP contribution in [0.3, 0.4) is 0 Å². The Balaban J connectivity index is 1.77. The van der Waals surface area contributed by atoms with E-state index in [1.807, 2.05) is 0 Å². The van der Waals surface area contributed by atoms with Gasteiger partial charge in [-0.2, -0.15) is 0 Å². The number of fused-ring (bicyclic) bond motifs is 1. The summed E-state index contributed by atoms with van der Waals surface area (Å²) in [6.07, 6.45) is 0.623. The fourth-order valence-electron chi connectivity index (χ4n) is 2.76. The van der Waals surface area contributed by atoms with Gasteiger partial charge in [-0.25, -0.2) is 4.98 Å². The lowest BCUT2D eigenvalue weighted by molar-refractivity contribution is -0.0704. The number of rotatable bonds is 2. The molecule has 0 spiro atoms. The van der Waals surface area contributed by atoms with Gasteiger partial charge in [-0.1, -0.05) is 17.4 Å². The number of nitrogens with zero attached hydrogens (tertiary/aromatic N) is 2. The molecule has 1 fully saturated rings. The smallest absolute Gasteiger partial charge is 0.181 e. The zero-order valence-corrected chi connectivity index (χ0v) is 12.1. The summed E-state index contributed by atoms with van der Waals surface area (Å²) in [5, 5.41) is 0.640. The van der Waals surface area contributed by atoms with Crippen molar-refractivity contribution >= 4 is 26.7 Å². The third-order valence-corrected chi connectivity index (χ3v) is 4.22. The molecule has 102 valence electrons. The monoisotopic (exact) mass is 277 g/mol. The van der Waals surface area contributed by atoms with E-state index in [0.29, 0.717) is 17.3 Å². The number of morpholine rings is 1. The van der Waals surface area contributed by atoms with E-state index in [-0.39, 0.29) is 0 Å². The van der Waals surface area contributed by atoms with Crippen molar-refractivity contribution in [3.8, 4) is 0 Å². The highest BCUT2D eigenvalue weighted by Gasteiger charge is 2.22. The molecule has 3 rings (SSSR count). The number of nitrogens with two attached hydrogens (primary N) is 1. The third-order valence-electron chi connectivity index (χ3n) is 3.37. The summed E-state index contributed by atoms with van der Waals surface area (Å²) in [5.74, 6) is 0. The molecular weight excluding hydrogens is 258 g/mol. The molecule has 0 radical (unpaired) electrons. The fraction of sp³-hybridized carbons (Fsp3) is 0.500. The van der Waals surface area contributed by atoms with Crippen LogP contribution in [0.15, 0.2) is 18.2 Å². The minimum atomic E-state index is 0.312. The molecule has 2 aromatic rings. The summed E-state index contributed by atoms with van der Waals surface area (Å²) in [4.78, 5) is 6.74. The Morgan fingerprint density at radius 2 is 2.11 bits per heavy atom. The molecular formula is C14H19N3OS. The molecule has 2 heterocycles. The van der Waals surface area contributed by atoms with E-state index in [0.717, 1.165) is 25.2 Å². The molecule has 2 atom stereocenters. The first-order chi connectivity index (χ1) is 9.10. The molecule has 19 heavy (non-hydrogen) atoms. The molecule has 1 aromatic carbocycles. The van der Waals surface area contributed by atoms with Crippen LogP contribution in [0.5, 0.6) is 0 Å². The van der Waals surface area contributed by atoms with Crippen molar-refractivity contribution in [1.82, 2.24) is 9.88 Å². The van der Waals surface area contributed by atoms with Gasteiger partial charge in [-0.15, -0.1) is 0 Å². The minimum absolute atomic E-state index is 0.312. The van der Waals surface area contributed by atoms with Gasteiger partial charge in [0.15, 0.2) is 5.13 Å². The molecule has 0 saturated carbocycles. The maximum absolute atomic E-state index is 5.76. The van der Waals surface area contributed by atoms with Crippen molar-refractivity contribution < 1.29 is 4.74 Å². The molecule has 0 bridgehead atoms. The first kappa shape index (κ1) is 12.8. The van der Waals surface area contributed by atoms with E-state index in [1.165, 1.54) is 10.3 Å². The zero-order valence-electron chi connectivity index (χ0n) is 11.3. The topological polar surface area (TPSA) is 51.4 Å². The summed E-state index contributed by atoms with van der Waals surface area (Å²) in [6, 6.07) is 6.41. The normalized spacial score (nSPS) is 24.9. The maximum atomic E-state index is 5.76. The van der Waals surface area contributed by atoms with E-state index in [1.54, 1.807) is 11.3 Å². The summed E-state index contributed by atoms with van der Waals surface area (Å²) in [7, 11) is 0. The van der Waals surface area contributed by atoms with Crippen LogP contribution in [0.1, 0.15) is 19.4 Å². The number of anilines is 1. The average Bonchev–Trinajstić information content (AvgIpc) is 2.67. The van der Waals surface area contributed by atoms with Gasteiger partial charge in [0.1, 0.15) is 0 Å². The molecule has 4 nitrogen and oxygen atoms in total. The van der Waals surface area contributed by atoms with Crippen LogP contribution in [0.2, 0.25) is 0 Å². The molecule has 2 unspecified atom stereocenters. The Kier molecular flexibility index (Phi) is 3.43. The van der Waals surface area contributed by atoms with E-state index in [4.69, 9.17) is 10.5 Å². The Hall–Kier alpha value is -1.17. The SMILES string of the molecule is CC1CN(Cc2ccc3nc(N)sc3c2)CC(C)O1. The predicted octanol–water partition coefficient (Wildman–Crippen LogP) is 2.49. The van der Waals surface area contributed by atoms with Crippen molar-refractivity contribution in [3.05, 3.63) is 23.8 Å². The van der Waals surface area contributed by atoms with Crippen LogP contribution in [-0.2, 0) is 11.3 Å². The van der Waals surface area contributed by atoms with Gasteiger partial charge >= 0.3 is 0 Å². The predicted molar refractivity (Wildman–Crippen MR) is 79.3 cm³/mol. The number of ether oxygens (including phenoxy) is 1. The lowest BCUT2D eigenvalue weighted by Crippen LogP contribution is -2.44. The van der Waals surface area contributed by atoms with Gasteiger partial charge in [-0.05, 0) is 31.5 Å². The van der Waals surface area contributed by atoms with Crippen molar-refractivity contribution in [2.75, 3.05) is 18.8 Å². The van der Waals surface area contributed by atoms with E-state index >= 15 is 0 Å². The Labute approximate surface area is 117 Å². The second-order valence-corrected chi connectivity index (χ2v) is 6.37. The van der Waals surface area contributed by atoms with Crippen molar-refractivity contribution in [2.45, 2.75) is 32.6 Å². The molecule has 1 aliphatic rings. The number of nitrogen functional groups attached to an aromatic ring is 1. The van der Waals surface area contributed by atoms with Crippen LogP contribution < -0.4 is 5.73 Å². The van der Waals surface area contributed by atoms with Crippen LogP contribution in [-0.4, -0.2) is 35.2 Å². The average molecular weight is 277 g/mol. The first-order valence-electron chi connectivity index (χ1n) is 6.63. The fourth-order valence-corrected chi connectivity index (χ4v) is 3.55. The standard InChI is InChI=1S/C14H19N3OS/c1-9-6-17(7-10(2)18-9)8-11-3-4-12-13(5-11)19-14(15)16-12/h3-5,9-10H,6-8H2,1-2H3,(H2,15,16). The highest BCUT2D eigenvalue weighted by molar-refractivity contribution is 7.22. The van der Waals surface area contributed by atoms with Gasteiger partial charge in [0.05, 0.1) is 22.4 Å². The molecule has 1 aromatic heterocycles. The molecule has 1 aliphatic heterocycles. The summed E-state index contributed by atoms with van der Waals surface area (Å²) < 4.78 is 6.93. The zero-order chi connectivity index (χ0) is 13.4. The second-order valence-electron chi connectivity index (χ2n) is 5.31. The summed E-state index contributed by atoms with van der Waals surface area (Å²) in [5.41, 5.74) is 8.05. The summed E-state index contributed by atoms with van der Waals surface area (Å²) >= 11 is 1.55. The number of benzene rings is 1. The van der Waals surface area contributed by atoms with Crippen LogP contribution in [0.4, 0.5) is 5.13 Å². The number of thiazole rings is 1. The van der Waals surface area contributed by atoms with Gasteiger partial charge < -0.3 is 10.5 Å². The van der Waals surface area contributed by atoms with Crippen molar-refractivity contribution in [1.29, 1.82) is 0 Å². The molecule has 2 N–H and O–H groups in total. The third kappa shape index (κ3) is 2.88. The lowest BCUT2D eigenvalue weighted by Gasteiger charge is -2.35. The lowest BCUT2D eigenvalue weighted by atomic mass is 10.1. The van der Waals surface area contributed by atoms with Gasteiger partial charge in [0, 0.05) is 19.6 Å². The molecule has 5 heteroatoms. The number of aromatic nitrogens is 1. The van der Waals surface area contributed by atoms with Gasteiger partial charge in [0.2, 0.25) is 0 Å². The Morgan fingerprint density at radius 3 is 2.84 bits per heavy atom. The summed E-state index contributed by atoms with van der Waals surface area (Å²) in [6.45, 7) is 7.22. The maximum Gasteiger partial charge on any atom is 0.181 e. The van der Waals surface area contributed by atoms with E-state index in [2.05, 4.69) is 41.9 Å². The van der Waals surface area contributed by atoms with Gasteiger partial charge in [-0.3, -0.25) is 4.90 Å². The van der Waals surface area contributed by atoms with E-state index in [9.17, 15) is 0 Å². The molecule has 1 saturated heterocycles. The van der Waals surface area contributed by atoms with Crippen LogP contribution in [0.25, 0.3) is 10.2 Å². The van der Waals surface area contributed by atoms with Crippen molar-refractivity contribution in [3.63, 3.8) is 0 Å². The van der Waals surface area contributed by atoms with Crippen LogP contribution >= 0.6 is 11.3 Å². The number of hydrogen-bond acceptors (Lipinski definition) is 5. The second kappa shape index (κ2) is 5.07. The van der Waals surface area contributed by atoms with E-state index < -0.39 is 0 Å². The van der Waals surface area contributed by atoms with Crippen molar-refractivity contribution in [2.24, 2.45) is 0 Å². The Morgan fingerprint density at radius 1 is 1.37 bits per heavy atom. The number of hydrogen-bond donors (Lipinski definition) is 1. The largest absolute Gasteiger partial charge is 0.375 e. The van der Waals surface area contributed by atoms with Gasteiger partial charge in [0.25, 0.3) is 0 Å². The van der Waals surface area contributed by atoms with Crippen LogP contribution in [0, 0.1) is 0 Å². The minimum Gasteiger partial charge on any atom is -0.375 e. The molecule has 0 amide bonds. The highest BCUT2D eigenvalue weighted by atomic mass is 32.1. The first-order valence-corrected chi connectivity index (χ1v) is 7.44. The molecule has 0 aliphatic carbocycles. The highest BCUT2D eigenvalue weighted by Crippen LogP contribution is 2.25.